The number of likely N-dealkylation sites (tertiary alicyclic amines) is 1. The number of ether oxygens (including phenoxy) is 6. The molecule has 4 saturated carbocycles. The number of hydrogen-bond acceptors (Lipinski definition) is 8. The zero-order valence-corrected chi connectivity index (χ0v) is 23.9. The topological polar surface area (TPSA) is 75.7 Å². The summed E-state index contributed by atoms with van der Waals surface area (Å²) in [5.41, 5.74) is 2.69. The van der Waals surface area contributed by atoms with Gasteiger partial charge in [-0.25, -0.2) is 4.79 Å². The third-order valence-corrected chi connectivity index (χ3v) is 10.7. The van der Waals surface area contributed by atoms with E-state index in [1.165, 1.54) is 43.4 Å². The van der Waals surface area contributed by atoms with Gasteiger partial charge >= 0.3 is 6.16 Å². The highest BCUT2D eigenvalue weighted by Crippen LogP contribution is 2.72. The van der Waals surface area contributed by atoms with E-state index in [-0.39, 0.29) is 23.0 Å². The third kappa shape index (κ3) is 4.65. The Morgan fingerprint density at radius 3 is 2.49 bits per heavy atom. The molecule has 1 aromatic carbocycles. The Morgan fingerprint density at radius 2 is 1.77 bits per heavy atom. The van der Waals surface area contributed by atoms with Crippen molar-refractivity contribution in [3.63, 3.8) is 0 Å². The third-order valence-electron chi connectivity index (χ3n) is 10.7. The molecule has 1 heterocycles. The van der Waals surface area contributed by atoms with E-state index in [9.17, 15) is 4.79 Å². The largest absolute Gasteiger partial charge is 0.514 e. The van der Waals surface area contributed by atoms with Gasteiger partial charge in [0, 0.05) is 37.3 Å². The van der Waals surface area contributed by atoms with Gasteiger partial charge in [0.2, 0.25) is 0 Å². The molecule has 0 radical (unpaired) electrons. The molecule has 1 aliphatic heterocycles. The minimum atomic E-state index is -0.736. The summed E-state index contributed by atoms with van der Waals surface area (Å²) in [5.74, 6) is 2.02. The molecular weight excluding hydrogens is 498 g/mol. The Balaban J connectivity index is 1.26. The summed E-state index contributed by atoms with van der Waals surface area (Å²) >= 11 is 0. The first kappa shape index (κ1) is 27.3. The van der Waals surface area contributed by atoms with Crippen LogP contribution in [0.15, 0.2) is 12.1 Å². The number of rotatable bonds is 12. The van der Waals surface area contributed by atoms with Crippen molar-refractivity contribution in [2.75, 3.05) is 60.3 Å². The van der Waals surface area contributed by atoms with E-state index in [1.54, 1.807) is 7.11 Å². The van der Waals surface area contributed by atoms with E-state index < -0.39 is 6.16 Å². The Morgan fingerprint density at radius 1 is 1.00 bits per heavy atom. The SMILES string of the molecule is CCOCCOCCOC(=O)Oc1ccc2c(c1OC)C13CCN(CC4CC4)C(C2)C12CCC(OC)(CC2)C3. The van der Waals surface area contributed by atoms with Crippen molar-refractivity contribution in [2.24, 2.45) is 11.3 Å². The zero-order valence-electron chi connectivity index (χ0n) is 23.9. The van der Waals surface area contributed by atoms with Crippen molar-refractivity contribution >= 4 is 6.16 Å². The first-order valence-electron chi connectivity index (χ1n) is 15.0. The van der Waals surface area contributed by atoms with Crippen molar-refractivity contribution < 1.29 is 33.2 Å². The van der Waals surface area contributed by atoms with Crippen LogP contribution in [0.1, 0.15) is 69.4 Å². The molecule has 0 amide bonds. The smallest absolute Gasteiger partial charge is 0.493 e. The number of hydrogen-bond donors (Lipinski definition) is 0. The lowest BCUT2D eigenvalue weighted by Gasteiger charge is -2.72. The molecule has 6 aliphatic rings. The molecule has 5 aliphatic carbocycles. The van der Waals surface area contributed by atoms with Gasteiger partial charge in [-0.1, -0.05) is 6.07 Å². The minimum absolute atomic E-state index is 0.0408. The van der Waals surface area contributed by atoms with E-state index in [0.29, 0.717) is 44.0 Å². The molecule has 4 bridgehead atoms. The Labute approximate surface area is 232 Å². The maximum Gasteiger partial charge on any atom is 0.514 e. The van der Waals surface area contributed by atoms with Crippen LogP contribution in [0.5, 0.6) is 11.5 Å². The summed E-state index contributed by atoms with van der Waals surface area (Å²) in [6, 6.07) is 4.61. The molecule has 0 N–H and O–H groups in total. The number of carbonyl (C=O) groups excluding carboxylic acids is 1. The van der Waals surface area contributed by atoms with Gasteiger partial charge < -0.3 is 28.4 Å². The molecule has 8 heteroatoms. The van der Waals surface area contributed by atoms with Crippen molar-refractivity contribution in [3.05, 3.63) is 23.3 Å². The average Bonchev–Trinajstić information content (AvgIpc) is 3.78. The standard InChI is InChI=1S/C31H45NO7/c1-4-36-15-16-37-17-18-38-28(33)39-24-8-7-23-19-25-30-11-9-29(35-3,10-12-30)21-31(30,26(23)27(24)34-2)13-14-32(25)20-22-5-6-22/h7-8,22,25H,4-6,9-21H2,1-3H3. The molecule has 39 heavy (non-hydrogen) atoms. The van der Waals surface area contributed by atoms with E-state index in [2.05, 4.69) is 11.0 Å². The van der Waals surface area contributed by atoms with Gasteiger partial charge in [-0.15, -0.1) is 0 Å². The predicted octanol–water partition coefficient (Wildman–Crippen LogP) is 4.89. The van der Waals surface area contributed by atoms with Gasteiger partial charge in [-0.3, -0.25) is 4.90 Å². The summed E-state index contributed by atoms with van der Waals surface area (Å²) in [7, 11) is 3.59. The number of nitrogens with zero attached hydrogens (tertiary/aromatic N) is 1. The van der Waals surface area contributed by atoms with E-state index in [4.69, 9.17) is 28.4 Å². The van der Waals surface area contributed by atoms with Crippen LogP contribution in [0.25, 0.3) is 0 Å². The van der Waals surface area contributed by atoms with Crippen molar-refractivity contribution in [3.8, 4) is 11.5 Å². The number of carbonyl (C=O) groups is 1. The molecule has 0 aromatic heterocycles. The first-order chi connectivity index (χ1) is 19.0. The van der Waals surface area contributed by atoms with E-state index in [1.807, 2.05) is 20.1 Å². The molecule has 5 fully saturated rings. The number of piperidine rings is 1. The van der Waals surface area contributed by atoms with Gasteiger partial charge in [0.05, 0.1) is 32.5 Å². The maximum absolute atomic E-state index is 12.6. The summed E-state index contributed by atoms with van der Waals surface area (Å²) in [5, 5.41) is 0. The predicted molar refractivity (Wildman–Crippen MR) is 146 cm³/mol. The lowest BCUT2D eigenvalue weighted by atomic mass is 9.37. The molecule has 8 nitrogen and oxygen atoms in total. The molecule has 1 saturated heterocycles. The lowest BCUT2D eigenvalue weighted by molar-refractivity contribution is -0.210. The van der Waals surface area contributed by atoms with Crippen molar-refractivity contribution in [1.29, 1.82) is 0 Å². The van der Waals surface area contributed by atoms with Crippen molar-refractivity contribution in [2.45, 2.75) is 81.8 Å². The van der Waals surface area contributed by atoms with Crippen LogP contribution >= 0.6 is 0 Å². The second-order valence-electron chi connectivity index (χ2n) is 12.4. The second-order valence-corrected chi connectivity index (χ2v) is 12.4. The van der Waals surface area contributed by atoms with Crippen LogP contribution in [0.2, 0.25) is 0 Å². The Kier molecular flexibility index (Phi) is 7.59. The van der Waals surface area contributed by atoms with Crippen LogP contribution in [0.4, 0.5) is 4.79 Å². The molecule has 1 spiro atoms. The van der Waals surface area contributed by atoms with Gasteiger partial charge in [0.1, 0.15) is 6.61 Å². The lowest BCUT2D eigenvalue weighted by Crippen LogP contribution is -2.73. The molecule has 2 atom stereocenters. The monoisotopic (exact) mass is 543 g/mol. The van der Waals surface area contributed by atoms with Gasteiger partial charge in [-0.2, -0.15) is 0 Å². The fourth-order valence-corrected chi connectivity index (χ4v) is 8.73. The maximum atomic E-state index is 12.6. The average molecular weight is 544 g/mol. The minimum Gasteiger partial charge on any atom is -0.493 e. The van der Waals surface area contributed by atoms with Crippen LogP contribution in [0.3, 0.4) is 0 Å². The number of benzene rings is 1. The quantitative estimate of drug-likeness (QED) is 0.210. The molecular formula is C31H45NO7. The molecule has 2 unspecified atom stereocenters. The fraction of sp³-hybridized carbons (Fsp3) is 0.774. The highest BCUT2D eigenvalue weighted by Gasteiger charge is 2.70. The first-order valence-corrected chi connectivity index (χ1v) is 15.0. The second kappa shape index (κ2) is 10.8. The summed E-state index contributed by atoms with van der Waals surface area (Å²) in [4.78, 5) is 15.5. The van der Waals surface area contributed by atoms with Crippen LogP contribution < -0.4 is 9.47 Å². The highest BCUT2D eigenvalue weighted by molar-refractivity contribution is 5.68. The van der Waals surface area contributed by atoms with E-state index in [0.717, 1.165) is 44.6 Å². The van der Waals surface area contributed by atoms with Gasteiger partial charge in [0.15, 0.2) is 11.5 Å². The van der Waals surface area contributed by atoms with Crippen LogP contribution in [0, 0.1) is 11.3 Å². The Bertz CT molecular complexity index is 1050. The van der Waals surface area contributed by atoms with Crippen LogP contribution in [-0.2, 0) is 30.8 Å². The molecule has 216 valence electrons. The molecule has 7 rings (SSSR count). The summed E-state index contributed by atoms with van der Waals surface area (Å²) in [6.07, 6.45) is 9.81. The highest BCUT2D eigenvalue weighted by atomic mass is 16.7. The Hall–Kier alpha value is -1.87. The fourth-order valence-electron chi connectivity index (χ4n) is 8.73. The number of methoxy groups -OCH3 is 2. The normalized spacial score (nSPS) is 32.8. The number of fused-ring (bicyclic) bond motifs is 3. The van der Waals surface area contributed by atoms with Crippen LogP contribution in [-0.4, -0.2) is 83.0 Å². The molecule has 1 aromatic rings. The van der Waals surface area contributed by atoms with E-state index >= 15 is 0 Å². The van der Waals surface area contributed by atoms with Gasteiger partial charge in [0.25, 0.3) is 0 Å². The summed E-state index contributed by atoms with van der Waals surface area (Å²) in [6.45, 7) is 6.37. The summed E-state index contributed by atoms with van der Waals surface area (Å²) < 4.78 is 34.2. The van der Waals surface area contributed by atoms with Crippen molar-refractivity contribution in [1.82, 2.24) is 4.90 Å². The van der Waals surface area contributed by atoms with Gasteiger partial charge in [-0.05, 0) is 94.2 Å². The zero-order chi connectivity index (χ0) is 27.1.